The highest BCUT2D eigenvalue weighted by Gasteiger charge is 2.40. The van der Waals surface area contributed by atoms with Crippen LogP contribution >= 0.6 is 31.9 Å². The molecule has 0 aliphatic heterocycles. The topological polar surface area (TPSA) is 20.2 Å². The summed E-state index contributed by atoms with van der Waals surface area (Å²) in [6, 6.07) is 0. The Morgan fingerprint density at radius 3 is 2.78 bits per heavy atom. The molecule has 1 aliphatic rings. The monoisotopic (exact) mass is 378 g/mol. The molecule has 1 N–H and O–H groups in total. The van der Waals surface area contributed by atoms with Crippen LogP contribution in [0.1, 0.15) is 40.0 Å². The average Bonchev–Trinajstić information content (AvgIpc) is 2.32. The summed E-state index contributed by atoms with van der Waals surface area (Å²) in [7, 11) is 0. The third kappa shape index (κ3) is 3.71. The molecule has 0 spiro atoms. The first kappa shape index (κ1) is 16.5. The molecule has 104 valence electrons. The molecule has 3 atom stereocenters. The van der Waals surface area contributed by atoms with Gasteiger partial charge in [0.05, 0.1) is 6.10 Å². The molecular formula is C15H24Br2O. The van der Waals surface area contributed by atoms with Gasteiger partial charge in [0.15, 0.2) is 0 Å². The number of allylic oxidation sites excluding steroid dienone is 2. The fourth-order valence-corrected chi connectivity index (χ4v) is 3.69. The second-order valence-electron chi connectivity index (χ2n) is 5.89. The van der Waals surface area contributed by atoms with E-state index in [0.717, 1.165) is 18.4 Å². The second-order valence-corrected chi connectivity index (χ2v) is 7.65. The smallest absolute Gasteiger partial charge is 0.0844 e. The van der Waals surface area contributed by atoms with E-state index < -0.39 is 0 Å². The number of hydrogen-bond donors (Lipinski definition) is 1. The average molecular weight is 380 g/mol. The number of aliphatic hydroxyl groups is 1. The number of halogens is 2. The zero-order chi connectivity index (χ0) is 13.9. The van der Waals surface area contributed by atoms with E-state index in [-0.39, 0.29) is 11.5 Å². The minimum atomic E-state index is -0.371. The van der Waals surface area contributed by atoms with Crippen LogP contribution in [-0.2, 0) is 0 Å². The Bertz CT molecular complexity index is 333. The molecule has 0 aromatic heterocycles. The summed E-state index contributed by atoms with van der Waals surface area (Å²) in [4.78, 5) is 0.551. The lowest BCUT2D eigenvalue weighted by atomic mass is 9.65. The molecule has 1 aliphatic carbocycles. The van der Waals surface area contributed by atoms with Gasteiger partial charge in [-0.15, -0.1) is 0 Å². The summed E-state index contributed by atoms with van der Waals surface area (Å²) >= 11 is 7.12. The molecule has 0 aromatic carbocycles. The van der Waals surface area contributed by atoms with Crippen molar-refractivity contribution in [2.75, 3.05) is 5.33 Å². The number of rotatable bonds is 4. The quantitative estimate of drug-likeness (QED) is 0.547. The van der Waals surface area contributed by atoms with Gasteiger partial charge in [-0.05, 0) is 43.1 Å². The predicted molar refractivity (Wildman–Crippen MR) is 86.5 cm³/mol. The number of aliphatic hydroxyl groups excluding tert-OH is 1. The zero-order valence-corrected chi connectivity index (χ0v) is 14.7. The first-order valence-corrected chi connectivity index (χ1v) is 8.56. The molecule has 3 heteroatoms. The van der Waals surface area contributed by atoms with E-state index in [1.165, 1.54) is 12.0 Å². The number of hydrogen-bond acceptors (Lipinski definition) is 1. The summed E-state index contributed by atoms with van der Waals surface area (Å²) < 4.78 is 0. The molecule has 18 heavy (non-hydrogen) atoms. The largest absolute Gasteiger partial charge is 0.388 e. The molecule has 1 nitrogen and oxygen atoms in total. The first-order chi connectivity index (χ1) is 8.30. The van der Waals surface area contributed by atoms with Gasteiger partial charge in [0.25, 0.3) is 0 Å². The molecule has 0 radical (unpaired) electrons. The maximum absolute atomic E-state index is 9.76. The third-order valence-electron chi connectivity index (χ3n) is 4.26. The summed E-state index contributed by atoms with van der Waals surface area (Å²) in [6.07, 6.45) is 5.07. The maximum Gasteiger partial charge on any atom is 0.0844 e. The van der Waals surface area contributed by atoms with E-state index in [1.54, 1.807) is 0 Å². The maximum atomic E-state index is 9.76. The Labute approximate surface area is 128 Å². The second kappa shape index (κ2) is 6.71. The van der Waals surface area contributed by atoms with Gasteiger partial charge < -0.3 is 5.11 Å². The van der Waals surface area contributed by atoms with Crippen molar-refractivity contribution in [3.63, 3.8) is 0 Å². The van der Waals surface area contributed by atoms with Crippen LogP contribution in [0.5, 0.6) is 0 Å². The van der Waals surface area contributed by atoms with Crippen LogP contribution in [0, 0.1) is 11.3 Å². The van der Waals surface area contributed by atoms with Crippen molar-refractivity contribution in [1.82, 2.24) is 0 Å². The van der Waals surface area contributed by atoms with Crippen molar-refractivity contribution in [2.45, 2.75) is 51.0 Å². The number of alkyl halides is 2. The van der Waals surface area contributed by atoms with E-state index in [9.17, 15) is 5.11 Å². The highest BCUT2D eigenvalue weighted by atomic mass is 79.9. The lowest BCUT2D eigenvalue weighted by Gasteiger charge is -2.44. The first-order valence-electron chi connectivity index (χ1n) is 6.53. The minimum absolute atomic E-state index is 0.228. The Hall–Kier alpha value is 0.400. The third-order valence-corrected chi connectivity index (χ3v) is 6.52. The van der Waals surface area contributed by atoms with Crippen LogP contribution in [0.2, 0.25) is 0 Å². The van der Waals surface area contributed by atoms with Gasteiger partial charge in [-0.3, -0.25) is 0 Å². The van der Waals surface area contributed by atoms with Crippen LogP contribution in [-0.4, -0.2) is 21.4 Å². The lowest BCUT2D eigenvalue weighted by molar-refractivity contribution is 0.203. The van der Waals surface area contributed by atoms with Crippen molar-refractivity contribution >= 4 is 31.9 Å². The van der Waals surface area contributed by atoms with Crippen LogP contribution in [0.25, 0.3) is 0 Å². The van der Waals surface area contributed by atoms with E-state index in [1.807, 2.05) is 6.92 Å². The Kier molecular flexibility index (Phi) is 6.14. The van der Waals surface area contributed by atoms with Crippen LogP contribution in [0.15, 0.2) is 23.8 Å². The highest BCUT2D eigenvalue weighted by Crippen LogP contribution is 2.48. The van der Waals surface area contributed by atoms with Gasteiger partial charge in [0.2, 0.25) is 0 Å². The predicted octanol–water partition coefficient (Wildman–Crippen LogP) is 4.83. The summed E-state index contributed by atoms with van der Waals surface area (Å²) in [5, 5.41) is 10.4. The Morgan fingerprint density at radius 1 is 1.61 bits per heavy atom. The molecule has 0 aromatic rings. The fraction of sp³-hybridized carbons (Fsp3) is 0.733. The zero-order valence-electron chi connectivity index (χ0n) is 11.5. The van der Waals surface area contributed by atoms with Gasteiger partial charge in [-0.2, -0.15) is 0 Å². The summed E-state index contributed by atoms with van der Waals surface area (Å²) in [6.45, 7) is 10.9. The minimum Gasteiger partial charge on any atom is -0.388 e. The highest BCUT2D eigenvalue weighted by molar-refractivity contribution is 9.09. The molecule has 1 fully saturated rings. The van der Waals surface area contributed by atoms with E-state index in [0.29, 0.717) is 16.1 Å². The van der Waals surface area contributed by atoms with Gasteiger partial charge >= 0.3 is 0 Å². The molecule has 0 amide bonds. The molecule has 1 unspecified atom stereocenters. The SMILES string of the molecule is C=C1CC[C@H](Br)C(C)(C)C1C/C=C(/C)[C@@H](O)CBr. The molecule has 0 saturated heterocycles. The van der Waals surface area contributed by atoms with Crippen LogP contribution in [0.3, 0.4) is 0 Å². The molecular weight excluding hydrogens is 356 g/mol. The van der Waals surface area contributed by atoms with Crippen molar-refractivity contribution in [3.05, 3.63) is 23.8 Å². The molecule has 0 heterocycles. The van der Waals surface area contributed by atoms with E-state index in [4.69, 9.17) is 0 Å². The van der Waals surface area contributed by atoms with Gasteiger partial charge in [-0.1, -0.05) is 63.9 Å². The van der Waals surface area contributed by atoms with Crippen molar-refractivity contribution in [1.29, 1.82) is 0 Å². The van der Waals surface area contributed by atoms with Crippen LogP contribution in [0.4, 0.5) is 0 Å². The van der Waals surface area contributed by atoms with Crippen LogP contribution < -0.4 is 0 Å². The lowest BCUT2D eigenvalue weighted by Crippen LogP contribution is -2.38. The van der Waals surface area contributed by atoms with Crippen molar-refractivity contribution in [3.8, 4) is 0 Å². The van der Waals surface area contributed by atoms with Gasteiger partial charge in [0, 0.05) is 10.2 Å². The summed E-state index contributed by atoms with van der Waals surface area (Å²) in [5.74, 6) is 0.494. The molecule has 0 bridgehead atoms. The Balaban J connectivity index is 2.78. The normalized spacial score (nSPS) is 30.3. The summed E-state index contributed by atoms with van der Waals surface area (Å²) in [5.41, 5.74) is 2.63. The molecule has 1 saturated carbocycles. The standard InChI is InChI=1S/C15H24Br2O/c1-10-6-8-14(17)15(3,4)12(10)7-5-11(2)13(18)9-16/h5,12-14,18H,1,6-9H2,2-4H3/b11-5-/t12?,13-,14-/m0/s1. The molecule has 1 rings (SSSR count). The van der Waals surface area contributed by atoms with E-state index in [2.05, 4.69) is 58.4 Å². The van der Waals surface area contributed by atoms with Gasteiger partial charge in [0.1, 0.15) is 0 Å². The van der Waals surface area contributed by atoms with Crippen molar-refractivity contribution in [2.24, 2.45) is 11.3 Å². The van der Waals surface area contributed by atoms with E-state index >= 15 is 0 Å². The van der Waals surface area contributed by atoms with Gasteiger partial charge in [-0.25, -0.2) is 0 Å². The van der Waals surface area contributed by atoms with Crippen molar-refractivity contribution < 1.29 is 5.11 Å². The fourth-order valence-electron chi connectivity index (χ4n) is 2.63. The Morgan fingerprint density at radius 2 is 2.22 bits per heavy atom.